The normalized spacial score (nSPS) is 24.1. The number of carbonyl (C=O) groups is 5. The van der Waals surface area contributed by atoms with Crippen molar-refractivity contribution in [2.24, 2.45) is 12.4 Å². The van der Waals surface area contributed by atoms with E-state index in [9.17, 15) is 33.9 Å². The number of aromatic nitrogens is 4. The SMILES string of the molecule is [2H]C([2H])([2H])n1cc(-c2ccnc(N3CCn4c(cc5c4CC(C)(C)C5)C3=O)c2CO)cc(Nc2ccc(N3CCN([C@H]4CCN(c5ccc6c(c5)C(=O)N(C5CCC(=O)NC5=O)C6=O)[C@H](C)C4)C[C@@H]3C)cn2)c1=O. The van der Waals surface area contributed by atoms with Gasteiger partial charge in [-0.05, 0) is 111 Å². The van der Waals surface area contributed by atoms with Crippen LogP contribution < -0.4 is 30.9 Å². The van der Waals surface area contributed by atoms with E-state index in [2.05, 4.69) is 67.6 Å². The molecule has 71 heavy (non-hydrogen) atoms. The fraction of sp³-hybridized carbons (Fsp3) is 0.434. The van der Waals surface area contributed by atoms with E-state index in [-0.39, 0.29) is 58.9 Å². The number of hydrogen-bond donors (Lipinski definition) is 3. The molecule has 9 heterocycles. The summed E-state index contributed by atoms with van der Waals surface area (Å²) in [6, 6.07) is 13.7. The third kappa shape index (κ3) is 8.06. The fourth-order valence-corrected chi connectivity index (χ4v) is 12.0. The smallest absolute Gasteiger partial charge is 0.276 e. The Labute approximate surface area is 415 Å². The van der Waals surface area contributed by atoms with E-state index < -0.39 is 48.8 Å². The number of aliphatic hydroxyl groups excluding tert-OH is 1. The van der Waals surface area contributed by atoms with Gasteiger partial charge < -0.3 is 29.4 Å². The topological polar surface area (TPSA) is 199 Å². The van der Waals surface area contributed by atoms with Gasteiger partial charge in [-0.2, -0.15) is 0 Å². The number of pyridine rings is 3. The molecule has 0 saturated carbocycles. The average molecular weight is 965 g/mol. The van der Waals surface area contributed by atoms with E-state index in [0.717, 1.165) is 68.1 Å². The maximum atomic E-state index is 14.1. The Kier molecular flexibility index (Phi) is 10.6. The van der Waals surface area contributed by atoms with Crippen molar-refractivity contribution in [1.82, 2.24) is 34.2 Å². The molecule has 5 aromatic rings. The van der Waals surface area contributed by atoms with Gasteiger partial charge in [0.05, 0.1) is 29.6 Å². The zero-order valence-corrected chi connectivity index (χ0v) is 40.3. The molecule has 5 amide bonds. The summed E-state index contributed by atoms with van der Waals surface area (Å²) in [7, 11) is 0. The number of piperidine rings is 2. The minimum absolute atomic E-state index is 0.0381. The highest BCUT2D eigenvalue weighted by atomic mass is 16.3. The van der Waals surface area contributed by atoms with Gasteiger partial charge in [0.2, 0.25) is 11.8 Å². The Morgan fingerprint density at radius 2 is 1.63 bits per heavy atom. The summed E-state index contributed by atoms with van der Waals surface area (Å²) in [6.07, 6.45) is 8.23. The number of anilines is 5. The molecule has 0 bridgehead atoms. The number of benzene rings is 1. The molecule has 1 unspecified atom stereocenters. The summed E-state index contributed by atoms with van der Waals surface area (Å²) in [5.74, 6) is -1.72. The molecule has 3 N–H and O–H groups in total. The predicted molar refractivity (Wildman–Crippen MR) is 267 cm³/mol. The Morgan fingerprint density at radius 3 is 2.38 bits per heavy atom. The zero-order chi connectivity index (χ0) is 52.1. The number of rotatable bonds is 9. The molecule has 4 atom stereocenters. The molecular weight excluding hydrogens is 903 g/mol. The van der Waals surface area contributed by atoms with Gasteiger partial charge in [0.25, 0.3) is 23.3 Å². The van der Waals surface area contributed by atoms with Crippen LogP contribution in [0.2, 0.25) is 0 Å². The number of piperazine rings is 1. The van der Waals surface area contributed by atoms with Crippen LogP contribution in [0.15, 0.2) is 71.9 Å². The third-order valence-corrected chi connectivity index (χ3v) is 15.5. The second kappa shape index (κ2) is 17.6. The molecule has 368 valence electrons. The van der Waals surface area contributed by atoms with Crippen LogP contribution >= 0.6 is 0 Å². The summed E-state index contributed by atoms with van der Waals surface area (Å²) in [6.45, 7) is 9.49. The molecule has 5 aliphatic heterocycles. The van der Waals surface area contributed by atoms with Crippen LogP contribution in [-0.2, 0) is 42.6 Å². The summed E-state index contributed by atoms with van der Waals surface area (Å²) in [5.41, 5.74) is 5.58. The van der Waals surface area contributed by atoms with Crippen molar-refractivity contribution in [2.45, 2.75) is 104 Å². The molecule has 4 aromatic heterocycles. The highest BCUT2D eigenvalue weighted by Gasteiger charge is 2.45. The maximum Gasteiger partial charge on any atom is 0.276 e. The first-order valence-corrected chi connectivity index (χ1v) is 24.5. The van der Waals surface area contributed by atoms with Gasteiger partial charge in [-0.3, -0.25) is 48.8 Å². The molecule has 3 fully saturated rings. The number of carbonyl (C=O) groups excluding carboxylic acids is 5. The molecule has 18 nitrogen and oxygen atoms in total. The fourth-order valence-electron chi connectivity index (χ4n) is 12.0. The summed E-state index contributed by atoms with van der Waals surface area (Å²) in [5, 5.41) is 16.2. The van der Waals surface area contributed by atoms with Gasteiger partial charge in [-0.15, -0.1) is 0 Å². The van der Waals surface area contributed by atoms with Crippen LogP contribution in [0.3, 0.4) is 0 Å². The van der Waals surface area contributed by atoms with Crippen molar-refractivity contribution in [3.63, 3.8) is 0 Å². The first kappa shape index (κ1) is 42.7. The monoisotopic (exact) mass is 964 g/mol. The van der Waals surface area contributed by atoms with E-state index in [0.29, 0.717) is 51.9 Å². The Hall–Kier alpha value is -7.18. The number of imide groups is 2. The van der Waals surface area contributed by atoms with Gasteiger partial charge in [-0.25, -0.2) is 9.97 Å². The van der Waals surface area contributed by atoms with Crippen LogP contribution in [0.4, 0.5) is 28.7 Å². The minimum Gasteiger partial charge on any atom is -0.392 e. The van der Waals surface area contributed by atoms with Gasteiger partial charge >= 0.3 is 0 Å². The number of hydrogen-bond acceptors (Lipinski definition) is 13. The molecule has 0 radical (unpaired) electrons. The average Bonchev–Trinajstić information content (AvgIpc) is 3.95. The molecule has 6 aliphatic rings. The van der Waals surface area contributed by atoms with Gasteiger partial charge in [0.1, 0.15) is 29.1 Å². The number of nitrogens with one attached hydrogen (secondary N) is 2. The van der Waals surface area contributed by atoms with Crippen molar-refractivity contribution in [3.8, 4) is 11.1 Å². The van der Waals surface area contributed by atoms with E-state index in [1.54, 1.807) is 35.4 Å². The first-order valence-electron chi connectivity index (χ1n) is 26.0. The van der Waals surface area contributed by atoms with Crippen molar-refractivity contribution < 1.29 is 33.2 Å². The summed E-state index contributed by atoms with van der Waals surface area (Å²) in [4.78, 5) is 98.0. The summed E-state index contributed by atoms with van der Waals surface area (Å²) >= 11 is 0. The van der Waals surface area contributed by atoms with Crippen molar-refractivity contribution >= 4 is 58.2 Å². The van der Waals surface area contributed by atoms with Crippen LogP contribution in [0.1, 0.15) is 106 Å². The lowest BCUT2D eigenvalue weighted by atomic mass is 9.90. The number of nitrogens with zero attached hydrogens (tertiary/aromatic N) is 9. The highest BCUT2D eigenvalue weighted by Crippen LogP contribution is 2.41. The third-order valence-electron chi connectivity index (χ3n) is 15.5. The quantitative estimate of drug-likeness (QED) is 0.173. The Morgan fingerprint density at radius 1 is 0.831 bits per heavy atom. The van der Waals surface area contributed by atoms with Crippen LogP contribution in [0.25, 0.3) is 11.1 Å². The number of fused-ring (bicyclic) bond motifs is 4. The Balaban J connectivity index is 0.751. The molecule has 1 aliphatic carbocycles. The van der Waals surface area contributed by atoms with Gasteiger partial charge in [0, 0.05) is 110 Å². The molecule has 11 rings (SSSR count). The lowest BCUT2D eigenvalue weighted by Crippen LogP contribution is -2.58. The van der Waals surface area contributed by atoms with Crippen LogP contribution in [0, 0.1) is 5.41 Å². The molecule has 0 spiro atoms. The molecule has 3 saturated heterocycles. The molecule has 18 heteroatoms. The van der Waals surface area contributed by atoms with Gasteiger partial charge in [0.15, 0.2) is 0 Å². The first-order chi connectivity index (χ1) is 35.3. The van der Waals surface area contributed by atoms with E-state index in [1.807, 2.05) is 18.2 Å². The molecular formula is C53H59N11O7. The zero-order valence-electron chi connectivity index (χ0n) is 43.3. The predicted octanol–water partition coefficient (Wildman–Crippen LogP) is 4.63. The van der Waals surface area contributed by atoms with Crippen LogP contribution in [-0.4, -0.2) is 120 Å². The van der Waals surface area contributed by atoms with E-state index in [1.165, 1.54) is 29.7 Å². The minimum atomic E-state index is -2.84. The summed E-state index contributed by atoms with van der Waals surface area (Å²) < 4.78 is 27.6. The standard InChI is InChI=1S/C53H59N11O7/c1-30-20-34(13-15-60(30)35-6-8-38-39(23-35)50(69)64(49(38)68)42-9-11-46(66)57-48(42)67)59-16-17-61(31(2)27-59)36-7-10-45(55-26-36)56-41-21-33(28-58(5)51(41)70)37-12-14-54-47(40(37)29-65)63-19-18-62-43(52(63)71)22-32-24-53(3,4)25-44(32)62/h6-8,10,12,14,21-23,26,28,30-31,34,42,65H,9,11,13,15-20,24-25,27,29H2,1-5H3,(H,55,56)(H,57,66,67)/t30-,31+,34+,42?/m1/s1/i5D3. The van der Waals surface area contributed by atoms with E-state index in [4.69, 9.17) is 4.11 Å². The number of aliphatic hydroxyl groups is 1. The molecule has 1 aromatic carbocycles. The highest BCUT2D eigenvalue weighted by molar-refractivity contribution is 6.23. The second-order valence-corrected chi connectivity index (χ2v) is 20.7. The lowest BCUT2D eigenvalue weighted by molar-refractivity contribution is -0.136. The van der Waals surface area contributed by atoms with Crippen molar-refractivity contribution in [1.29, 1.82) is 0 Å². The lowest BCUT2D eigenvalue weighted by Gasteiger charge is -2.48. The van der Waals surface area contributed by atoms with Crippen molar-refractivity contribution in [3.05, 3.63) is 111 Å². The largest absolute Gasteiger partial charge is 0.392 e. The second-order valence-electron chi connectivity index (χ2n) is 20.7. The van der Waals surface area contributed by atoms with Crippen molar-refractivity contribution in [2.75, 3.05) is 52.7 Å². The van der Waals surface area contributed by atoms with Gasteiger partial charge in [-0.1, -0.05) is 13.8 Å². The van der Waals surface area contributed by atoms with Crippen LogP contribution in [0.5, 0.6) is 0 Å². The Bertz CT molecular complexity index is 3220. The number of amides is 5. The van der Waals surface area contributed by atoms with E-state index >= 15 is 0 Å². The number of aryl methyl sites for hydroxylation is 1. The maximum absolute atomic E-state index is 14.1.